The van der Waals surface area contributed by atoms with Gasteiger partial charge in [-0.2, -0.15) is 5.10 Å². The number of aldehydes is 1. The first-order valence-corrected chi connectivity index (χ1v) is 7.76. The van der Waals surface area contributed by atoms with Gasteiger partial charge in [0.1, 0.15) is 5.70 Å². The number of aromatic nitrogens is 1. The molecule has 120 valence electrons. The van der Waals surface area contributed by atoms with Gasteiger partial charge < -0.3 is 0 Å². The van der Waals surface area contributed by atoms with Crippen LogP contribution in [0.25, 0.3) is 21.8 Å². The van der Waals surface area contributed by atoms with Gasteiger partial charge in [-0.3, -0.25) is 15.0 Å². The van der Waals surface area contributed by atoms with Gasteiger partial charge >= 0.3 is 0 Å². The molecule has 2 heterocycles. The summed E-state index contributed by atoms with van der Waals surface area (Å²) in [5.74, 6) is -0.291. The zero-order valence-electron chi connectivity index (χ0n) is 13.1. The second-order valence-electron chi connectivity index (χ2n) is 5.58. The van der Waals surface area contributed by atoms with Gasteiger partial charge in [0.05, 0.1) is 11.0 Å². The van der Waals surface area contributed by atoms with Crippen LogP contribution in [0.4, 0.5) is 0 Å². The first-order valence-electron chi connectivity index (χ1n) is 7.76. The summed E-state index contributed by atoms with van der Waals surface area (Å²) in [5.41, 5.74) is 5.18. The molecule has 3 aromatic rings. The third-order valence-corrected chi connectivity index (χ3v) is 4.07. The van der Waals surface area contributed by atoms with E-state index in [1.165, 1.54) is 0 Å². The lowest BCUT2D eigenvalue weighted by molar-refractivity contribution is 0.101. The average molecular weight is 327 g/mol. The van der Waals surface area contributed by atoms with Crippen LogP contribution in [-0.4, -0.2) is 23.3 Å². The molecule has 2 aromatic carbocycles. The molecule has 0 unspecified atom stereocenters. The number of fused-ring (bicyclic) bond motifs is 2. The molecule has 1 N–H and O–H groups in total. The molecule has 0 saturated carbocycles. The molecular weight excluding hydrogens is 314 g/mol. The van der Waals surface area contributed by atoms with Crippen LogP contribution in [-0.2, 0) is 0 Å². The number of ketones is 1. The number of Topliss-reactive ketones (excluding diaryl/α,β-unsaturated/α-hetero) is 1. The Kier molecular flexibility index (Phi) is 3.67. The predicted molar refractivity (Wildman–Crippen MR) is 97.8 cm³/mol. The van der Waals surface area contributed by atoms with E-state index in [0.29, 0.717) is 34.0 Å². The lowest BCUT2D eigenvalue weighted by atomic mass is 9.97. The summed E-state index contributed by atoms with van der Waals surface area (Å²) in [6.45, 7) is 0. The number of nitrogens with zero attached hydrogens (tertiary/aromatic N) is 2. The smallest absolute Gasteiger partial charge is 0.211 e. The highest BCUT2D eigenvalue weighted by molar-refractivity contribution is 6.17. The molecule has 4 rings (SSSR count). The van der Waals surface area contributed by atoms with Gasteiger partial charge in [-0.15, -0.1) is 0 Å². The first kappa shape index (κ1) is 15.0. The maximum absolute atomic E-state index is 12.8. The van der Waals surface area contributed by atoms with Crippen LogP contribution < -0.4 is 5.43 Å². The summed E-state index contributed by atoms with van der Waals surface area (Å²) in [7, 11) is 0. The summed E-state index contributed by atoms with van der Waals surface area (Å²) in [5, 5.41) is 5.48. The van der Waals surface area contributed by atoms with E-state index in [0.717, 1.165) is 10.9 Å². The summed E-state index contributed by atoms with van der Waals surface area (Å²) in [4.78, 5) is 29.2. The lowest BCUT2D eigenvalue weighted by Gasteiger charge is -2.10. The number of para-hydroxylation sites is 1. The lowest BCUT2D eigenvalue weighted by Crippen LogP contribution is -2.17. The molecule has 0 amide bonds. The van der Waals surface area contributed by atoms with E-state index in [1.807, 2.05) is 30.3 Å². The van der Waals surface area contributed by atoms with E-state index in [9.17, 15) is 9.59 Å². The second kappa shape index (κ2) is 6.13. The molecular formula is C20H13N3O2. The van der Waals surface area contributed by atoms with Crippen LogP contribution in [0.2, 0.25) is 0 Å². The second-order valence-corrected chi connectivity index (χ2v) is 5.58. The minimum absolute atomic E-state index is 0.291. The highest BCUT2D eigenvalue weighted by atomic mass is 16.1. The number of hydrogen-bond donors (Lipinski definition) is 1. The molecule has 0 saturated heterocycles. The number of carbonyl (C=O) groups excluding carboxylic acids is 2. The Morgan fingerprint density at radius 3 is 2.80 bits per heavy atom. The number of benzene rings is 2. The van der Waals surface area contributed by atoms with Gasteiger partial charge in [-0.1, -0.05) is 24.3 Å². The molecule has 1 aromatic heterocycles. The van der Waals surface area contributed by atoms with E-state index in [-0.39, 0.29) is 5.78 Å². The van der Waals surface area contributed by atoms with Crippen molar-refractivity contribution in [3.63, 3.8) is 0 Å². The Morgan fingerprint density at radius 1 is 1.04 bits per heavy atom. The van der Waals surface area contributed by atoms with Crippen molar-refractivity contribution >= 4 is 40.1 Å². The van der Waals surface area contributed by atoms with Crippen molar-refractivity contribution in [1.82, 2.24) is 10.4 Å². The van der Waals surface area contributed by atoms with E-state index in [4.69, 9.17) is 0 Å². The van der Waals surface area contributed by atoms with Crippen molar-refractivity contribution in [2.75, 3.05) is 0 Å². The first-order chi connectivity index (χ1) is 12.3. The number of rotatable bonds is 3. The molecule has 0 bridgehead atoms. The molecule has 0 radical (unpaired) electrons. The summed E-state index contributed by atoms with van der Waals surface area (Å²) in [6.07, 6.45) is 7.32. The summed E-state index contributed by atoms with van der Waals surface area (Å²) < 4.78 is 0. The standard InChI is InChI=1S/C20H13N3O2/c24-12-16-14(20(25)19-7-3-4-10-21-23-19)8-9-18-15(16)11-13-5-1-2-6-17(13)22-18/h1-12,23H. The van der Waals surface area contributed by atoms with Gasteiger partial charge in [0.2, 0.25) is 5.78 Å². The van der Waals surface area contributed by atoms with E-state index >= 15 is 0 Å². The number of pyridine rings is 1. The van der Waals surface area contributed by atoms with E-state index < -0.39 is 0 Å². The highest BCUT2D eigenvalue weighted by Crippen LogP contribution is 2.25. The van der Waals surface area contributed by atoms with Crippen molar-refractivity contribution in [2.24, 2.45) is 5.10 Å². The Bertz CT molecular complexity index is 1110. The maximum atomic E-state index is 12.8. The minimum Gasteiger partial charge on any atom is -0.298 e. The molecule has 1 aliphatic rings. The van der Waals surface area contributed by atoms with Gasteiger partial charge in [-0.25, -0.2) is 4.98 Å². The van der Waals surface area contributed by atoms with Crippen LogP contribution in [0.5, 0.6) is 0 Å². The average Bonchev–Trinajstić information content (AvgIpc) is 2.94. The van der Waals surface area contributed by atoms with Gasteiger partial charge in [0, 0.05) is 28.1 Å². The van der Waals surface area contributed by atoms with Crippen LogP contribution in [0.3, 0.4) is 0 Å². The SMILES string of the molecule is O=Cc1c(C(=O)C2=CC=CC=NN2)ccc2nc3ccccc3cc12. The van der Waals surface area contributed by atoms with Crippen LogP contribution in [0.1, 0.15) is 20.7 Å². The zero-order valence-corrected chi connectivity index (χ0v) is 13.1. The Morgan fingerprint density at radius 2 is 1.92 bits per heavy atom. The van der Waals surface area contributed by atoms with Crippen LogP contribution in [0.15, 0.2) is 71.5 Å². The number of hydrogen-bond acceptors (Lipinski definition) is 5. The summed E-state index contributed by atoms with van der Waals surface area (Å²) in [6, 6.07) is 13.0. The third kappa shape index (κ3) is 2.61. The molecule has 0 atom stereocenters. The van der Waals surface area contributed by atoms with Crippen LogP contribution >= 0.6 is 0 Å². The number of hydrazone groups is 1. The Balaban J connectivity index is 1.92. The summed E-state index contributed by atoms with van der Waals surface area (Å²) >= 11 is 0. The fourth-order valence-electron chi connectivity index (χ4n) is 2.86. The van der Waals surface area contributed by atoms with Crippen molar-refractivity contribution < 1.29 is 9.59 Å². The normalized spacial score (nSPS) is 13.4. The monoisotopic (exact) mass is 327 g/mol. The van der Waals surface area contributed by atoms with Crippen molar-refractivity contribution in [3.05, 3.63) is 77.5 Å². The van der Waals surface area contributed by atoms with Crippen LogP contribution in [0, 0.1) is 0 Å². The van der Waals surface area contributed by atoms with E-state index in [2.05, 4.69) is 15.5 Å². The fourth-order valence-corrected chi connectivity index (χ4v) is 2.86. The van der Waals surface area contributed by atoms with Gasteiger partial charge in [0.25, 0.3) is 0 Å². The minimum atomic E-state index is -0.291. The number of nitrogens with one attached hydrogen (secondary N) is 1. The molecule has 0 aliphatic carbocycles. The fraction of sp³-hybridized carbons (Fsp3) is 0. The molecule has 0 fully saturated rings. The predicted octanol–water partition coefficient (Wildman–Crippen LogP) is 3.41. The largest absolute Gasteiger partial charge is 0.298 e. The van der Waals surface area contributed by atoms with Crippen molar-refractivity contribution in [1.29, 1.82) is 0 Å². The molecule has 1 aliphatic heterocycles. The third-order valence-electron chi connectivity index (χ3n) is 4.07. The Hall–Kier alpha value is -3.60. The van der Waals surface area contributed by atoms with Crippen molar-refractivity contribution in [2.45, 2.75) is 0 Å². The maximum Gasteiger partial charge on any atom is 0.211 e. The zero-order chi connectivity index (χ0) is 17.2. The highest BCUT2D eigenvalue weighted by Gasteiger charge is 2.18. The number of allylic oxidation sites excluding steroid dienone is 4. The molecule has 5 heteroatoms. The molecule has 25 heavy (non-hydrogen) atoms. The van der Waals surface area contributed by atoms with E-state index in [1.54, 1.807) is 36.6 Å². The Labute approximate surface area is 143 Å². The number of carbonyl (C=O) groups is 2. The molecule has 5 nitrogen and oxygen atoms in total. The molecule has 0 spiro atoms. The topological polar surface area (TPSA) is 71.4 Å². The van der Waals surface area contributed by atoms with Crippen molar-refractivity contribution in [3.8, 4) is 0 Å². The quantitative estimate of drug-likeness (QED) is 0.454. The van der Waals surface area contributed by atoms with Gasteiger partial charge in [0.15, 0.2) is 6.29 Å². The van der Waals surface area contributed by atoms with Gasteiger partial charge in [-0.05, 0) is 36.4 Å².